The lowest BCUT2D eigenvalue weighted by atomic mass is 9.90. The molecule has 0 radical (unpaired) electrons. The highest BCUT2D eigenvalue weighted by atomic mass is 35.5. The summed E-state index contributed by atoms with van der Waals surface area (Å²) in [6.07, 6.45) is 2.32. The highest BCUT2D eigenvalue weighted by molar-refractivity contribution is 6.32. The summed E-state index contributed by atoms with van der Waals surface area (Å²) >= 11 is 5.96. The molecule has 1 atom stereocenters. The number of hydrogen-bond acceptors (Lipinski definition) is 3. The largest absolute Gasteiger partial charge is 0.433 e. The van der Waals surface area contributed by atoms with Crippen molar-refractivity contribution in [2.45, 2.75) is 32.4 Å². The van der Waals surface area contributed by atoms with E-state index in [-0.39, 0.29) is 10.8 Å². The molecule has 6 heteroatoms. The molecule has 2 rings (SSSR count). The third kappa shape index (κ3) is 4.71. The van der Waals surface area contributed by atoms with Crippen molar-refractivity contribution in [2.24, 2.45) is 5.92 Å². The number of benzene rings is 1. The van der Waals surface area contributed by atoms with Crippen LogP contribution in [0.15, 0.2) is 18.2 Å². The van der Waals surface area contributed by atoms with Crippen molar-refractivity contribution in [3.05, 3.63) is 23.2 Å². The van der Waals surface area contributed by atoms with Gasteiger partial charge in [0.15, 0.2) is 0 Å². The molecule has 1 heterocycles. The lowest BCUT2D eigenvalue weighted by molar-refractivity contribution is -0.0497. The van der Waals surface area contributed by atoms with E-state index in [1.165, 1.54) is 6.07 Å². The molecule has 21 heavy (non-hydrogen) atoms. The van der Waals surface area contributed by atoms with Gasteiger partial charge < -0.3 is 15.0 Å². The van der Waals surface area contributed by atoms with E-state index in [1.807, 2.05) is 0 Å². The molecule has 3 nitrogen and oxygen atoms in total. The van der Waals surface area contributed by atoms with Gasteiger partial charge >= 0.3 is 6.61 Å². The minimum absolute atomic E-state index is 0.00385. The molecule has 0 bridgehead atoms. The second-order valence-electron chi connectivity index (χ2n) is 5.60. The van der Waals surface area contributed by atoms with Crippen LogP contribution in [0.5, 0.6) is 5.75 Å². The van der Waals surface area contributed by atoms with Crippen molar-refractivity contribution in [3.63, 3.8) is 0 Å². The molecule has 0 amide bonds. The Balaban J connectivity index is 1.94. The Morgan fingerprint density at radius 3 is 2.57 bits per heavy atom. The standard InChI is InChI=1S/C15H21ClF2N2O/c1-10(11-5-7-20(2)8-6-11)19-12-3-4-14(13(16)9-12)21-15(17)18/h3-4,9-11,15,19H,5-8H2,1-2H3. The molecule has 1 saturated heterocycles. The zero-order valence-electron chi connectivity index (χ0n) is 12.3. The number of anilines is 1. The lowest BCUT2D eigenvalue weighted by Crippen LogP contribution is -2.37. The predicted octanol–water partition coefficient (Wildman–Crippen LogP) is 4.08. The Kier molecular flexibility index (Phi) is 5.65. The summed E-state index contributed by atoms with van der Waals surface area (Å²) in [6.45, 7) is 1.50. The number of hydrogen-bond donors (Lipinski definition) is 1. The van der Waals surface area contributed by atoms with Crippen molar-refractivity contribution < 1.29 is 13.5 Å². The van der Waals surface area contributed by atoms with E-state index >= 15 is 0 Å². The van der Waals surface area contributed by atoms with Crippen LogP contribution >= 0.6 is 11.6 Å². The van der Waals surface area contributed by atoms with Crippen LogP contribution in [0.1, 0.15) is 19.8 Å². The minimum atomic E-state index is -2.86. The highest BCUT2D eigenvalue weighted by Crippen LogP contribution is 2.30. The van der Waals surface area contributed by atoms with E-state index in [2.05, 4.69) is 28.9 Å². The van der Waals surface area contributed by atoms with Gasteiger partial charge in [0, 0.05) is 11.7 Å². The Bertz CT molecular complexity index is 465. The van der Waals surface area contributed by atoms with Gasteiger partial charge in [0.2, 0.25) is 0 Å². The van der Waals surface area contributed by atoms with Gasteiger partial charge in [0.25, 0.3) is 0 Å². The lowest BCUT2D eigenvalue weighted by Gasteiger charge is -2.33. The number of likely N-dealkylation sites (tertiary alicyclic amines) is 1. The Hall–Kier alpha value is -1.07. The van der Waals surface area contributed by atoms with E-state index in [4.69, 9.17) is 11.6 Å². The van der Waals surface area contributed by atoms with Gasteiger partial charge in [-0.3, -0.25) is 0 Å². The molecule has 1 N–H and O–H groups in total. The van der Waals surface area contributed by atoms with Gasteiger partial charge in [0.05, 0.1) is 5.02 Å². The van der Waals surface area contributed by atoms with Gasteiger partial charge in [-0.1, -0.05) is 11.6 Å². The molecule has 0 saturated carbocycles. The molecule has 1 aromatic carbocycles. The second kappa shape index (κ2) is 7.27. The molecule has 1 aromatic rings. The normalized spacial score (nSPS) is 18.8. The maximum atomic E-state index is 12.2. The first-order chi connectivity index (χ1) is 9.95. The summed E-state index contributed by atoms with van der Waals surface area (Å²) in [5, 5.41) is 3.59. The summed E-state index contributed by atoms with van der Waals surface area (Å²) in [7, 11) is 2.13. The van der Waals surface area contributed by atoms with E-state index in [1.54, 1.807) is 12.1 Å². The third-order valence-electron chi connectivity index (χ3n) is 4.01. The Morgan fingerprint density at radius 1 is 1.33 bits per heavy atom. The van der Waals surface area contributed by atoms with Gasteiger partial charge in [0.1, 0.15) is 5.75 Å². The fraction of sp³-hybridized carbons (Fsp3) is 0.600. The average molecular weight is 319 g/mol. The first kappa shape index (κ1) is 16.3. The first-order valence-electron chi connectivity index (χ1n) is 7.15. The molecule has 1 aliphatic heterocycles. The molecule has 1 fully saturated rings. The highest BCUT2D eigenvalue weighted by Gasteiger charge is 2.22. The van der Waals surface area contributed by atoms with E-state index in [9.17, 15) is 8.78 Å². The topological polar surface area (TPSA) is 24.5 Å². The van der Waals surface area contributed by atoms with Gasteiger partial charge in [-0.25, -0.2) is 0 Å². The van der Waals surface area contributed by atoms with Crippen LogP contribution in [-0.4, -0.2) is 37.7 Å². The van der Waals surface area contributed by atoms with E-state index < -0.39 is 6.61 Å². The van der Waals surface area contributed by atoms with Crippen LogP contribution in [0.2, 0.25) is 5.02 Å². The number of ether oxygens (including phenoxy) is 1. The van der Waals surface area contributed by atoms with Crippen molar-refractivity contribution in [1.29, 1.82) is 0 Å². The van der Waals surface area contributed by atoms with Crippen LogP contribution in [0.3, 0.4) is 0 Å². The summed E-state index contributed by atoms with van der Waals surface area (Å²) in [5.41, 5.74) is 0.827. The number of alkyl halides is 2. The van der Waals surface area contributed by atoms with Crippen LogP contribution in [-0.2, 0) is 0 Å². The quantitative estimate of drug-likeness (QED) is 0.885. The van der Waals surface area contributed by atoms with Crippen molar-refractivity contribution in [1.82, 2.24) is 4.90 Å². The second-order valence-corrected chi connectivity index (χ2v) is 6.00. The van der Waals surface area contributed by atoms with Crippen LogP contribution in [0.4, 0.5) is 14.5 Å². The van der Waals surface area contributed by atoms with Gasteiger partial charge in [-0.15, -0.1) is 0 Å². The summed E-state index contributed by atoms with van der Waals surface area (Å²) < 4.78 is 28.7. The van der Waals surface area contributed by atoms with Crippen LogP contribution in [0, 0.1) is 5.92 Å². The predicted molar refractivity (Wildman–Crippen MR) is 81.4 cm³/mol. The molecular weight excluding hydrogens is 298 g/mol. The average Bonchev–Trinajstić information content (AvgIpc) is 2.42. The summed E-state index contributed by atoms with van der Waals surface area (Å²) in [4.78, 5) is 2.33. The molecular formula is C15H21ClF2N2O. The zero-order chi connectivity index (χ0) is 15.4. The monoisotopic (exact) mass is 318 g/mol. The van der Waals surface area contributed by atoms with Gasteiger partial charge in [-0.05, 0) is 64.0 Å². The van der Waals surface area contributed by atoms with E-state index in [0.717, 1.165) is 31.6 Å². The van der Waals surface area contributed by atoms with Crippen molar-refractivity contribution in [3.8, 4) is 5.75 Å². The SMILES string of the molecule is CC(Nc1ccc(OC(F)F)c(Cl)c1)C1CCN(C)CC1. The number of rotatable bonds is 5. The maximum Gasteiger partial charge on any atom is 0.387 e. The van der Waals surface area contributed by atoms with Gasteiger partial charge in [-0.2, -0.15) is 8.78 Å². The summed E-state index contributed by atoms with van der Waals surface area (Å²) in [6, 6.07) is 5.13. The fourth-order valence-electron chi connectivity index (χ4n) is 2.69. The summed E-state index contributed by atoms with van der Waals surface area (Å²) in [5.74, 6) is 0.612. The van der Waals surface area contributed by atoms with Crippen molar-refractivity contribution in [2.75, 3.05) is 25.5 Å². The molecule has 0 aromatic heterocycles. The minimum Gasteiger partial charge on any atom is -0.433 e. The Morgan fingerprint density at radius 2 is 2.00 bits per heavy atom. The molecule has 1 aliphatic rings. The number of nitrogens with zero attached hydrogens (tertiary/aromatic N) is 1. The number of nitrogens with one attached hydrogen (secondary N) is 1. The van der Waals surface area contributed by atoms with Crippen LogP contribution in [0.25, 0.3) is 0 Å². The Labute approximate surface area is 129 Å². The molecule has 118 valence electrons. The molecule has 0 spiro atoms. The van der Waals surface area contributed by atoms with Crippen LogP contribution < -0.4 is 10.1 Å². The number of piperidine rings is 1. The smallest absolute Gasteiger partial charge is 0.387 e. The zero-order valence-corrected chi connectivity index (χ0v) is 13.0. The maximum absolute atomic E-state index is 12.2. The number of halogens is 3. The van der Waals surface area contributed by atoms with Crippen molar-refractivity contribution >= 4 is 17.3 Å². The third-order valence-corrected chi connectivity index (χ3v) is 4.31. The molecule has 1 unspecified atom stereocenters. The van der Waals surface area contributed by atoms with E-state index in [0.29, 0.717) is 12.0 Å². The molecule has 0 aliphatic carbocycles. The first-order valence-corrected chi connectivity index (χ1v) is 7.53. The fourth-order valence-corrected chi connectivity index (χ4v) is 2.92.